The Hall–Kier alpha value is -1.99. The number of carbonyl (C=O) groups excluding carboxylic acids is 1. The largest absolute Gasteiger partial charge is 0.495 e. The summed E-state index contributed by atoms with van der Waals surface area (Å²) in [6.45, 7) is 0.403. The number of methoxy groups -OCH3 is 1. The van der Waals surface area contributed by atoms with E-state index in [1.807, 2.05) is 0 Å². The number of rotatable bonds is 5. The predicted molar refractivity (Wildman–Crippen MR) is 94.7 cm³/mol. The SMILES string of the molecule is COc1ccc(NC(N)=NCC2CCC(C(=O)N(C)C)O2)cc1Cl. The van der Waals surface area contributed by atoms with Gasteiger partial charge in [-0.25, -0.2) is 0 Å². The average molecular weight is 355 g/mol. The highest BCUT2D eigenvalue weighted by molar-refractivity contribution is 6.32. The van der Waals surface area contributed by atoms with Crippen LogP contribution in [0, 0.1) is 0 Å². The molecule has 1 amide bonds. The first kappa shape index (κ1) is 18.4. The Morgan fingerprint density at radius 1 is 1.50 bits per heavy atom. The highest BCUT2D eigenvalue weighted by Crippen LogP contribution is 2.27. The molecule has 0 saturated carbocycles. The number of nitrogens with zero attached hydrogens (tertiary/aromatic N) is 2. The Labute approximate surface area is 146 Å². The Bertz CT molecular complexity index is 621. The second-order valence-electron chi connectivity index (χ2n) is 5.76. The number of ether oxygens (including phenoxy) is 2. The van der Waals surface area contributed by atoms with Crippen LogP contribution in [-0.2, 0) is 9.53 Å². The number of amides is 1. The van der Waals surface area contributed by atoms with Crippen molar-refractivity contribution in [3.8, 4) is 5.75 Å². The van der Waals surface area contributed by atoms with Gasteiger partial charge in [0, 0.05) is 19.8 Å². The number of carbonyl (C=O) groups is 1. The number of nitrogens with two attached hydrogens (primary N) is 1. The van der Waals surface area contributed by atoms with E-state index in [9.17, 15) is 4.79 Å². The summed E-state index contributed by atoms with van der Waals surface area (Å²) in [7, 11) is 5.00. The molecular formula is C16H23ClN4O3. The second-order valence-corrected chi connectivity index (χ2v) is 6.16. The minimum absolute atomic E-state index is 0.0135. The molecular weight excluding hydrogens is 332 g/mol. The molecule has 0 aromatic heterocycles. The van der Waals surface area contributed by atoms with Gasteiger partial charge in [0.15, 0.2) is 5.96 Å². The standard InChI is InChI=1S/C16H23ClN4O3/c1-21(2)15(22)14-7-5-11(24-14)9-19-16(18)20-10-4-6-13(23-3)12(17)8-10/h4,6,8,11,14H,5,7,9H2,1-3H3,(H3,18,19,20). The molecule has 0 aliphatic carbocycles. The van der Waals surface area contributed by atoms with E-state index in [1.165, 1.54) is 0 Å². The fourth-order valence-corrected chi connectivity index (χ4v) is 2.70. The minimum Gasteiger partial charge on any atom is -0.495 e. The fraction of sp³-hybridized carbons (Fsp3) is 0.500. The molecule has 2 atom stereocenters. The molecule has 2 unspecified atom stereocenters. The first-order chi connectivity index (χ1) is 11.4. The molecule has 24 heavy (non-hydrogen) atoms. The maximum atomic E-state index is 11.9. The number of guanidine groups is 1. The third-order valence-corrected chi connectivity index (χ3v) is 4.01. The molecule has 1 saturated heterocycles. The molecule has 7 nitrogen and oxygen atoms in total. The summed E-state index contributed by atoms with van der Waals surface area (Å²) in [5, 5.41) is 3.45. The van der Waals surface area contributed by atoms with E-state index in [-0.39, 0.29) is 24.1 Å². The smallest absolute Gasteiger partial charge is 0.251 e. The molecule has 1 aromatic rings. The van der Waals surface area contributed by atoms with Crippen LogP contribution in [0.15, 0.2) is 23.2 Å². The van der Waals surface area contributed by atoms with E-state index < -0.39 is 0 Å². The highest BCUT2D eigenvalue weighted by atomic mass is 35.5. The van der Waals surface area contributed by atoms with Gasteiger partial charge in [-0.3, -0.25) is 9.79 Å². The molecule has 0 bridgehead atoms. The van der Waals surface area contributed by atoms with Crippen molar-refractivity contribution >= 4 is 29.2 Å². The number of hydrogen-bond acceptors (Lipinski definition) is 4. The van der Waals surface area contributed by atoms with Crippen molar-refractivity contribution in [1.29, 1.82) is 0 Å². The van der Waals surface area contributed by atoms with E-state index in [0.717, 1.165) is 12.1 Å². The Morgan fingerprint density at radius 2 is 2.25 bits per heavy atom. The number of likely N-dealkylation sites (N-methyl/N-ethyl adjacent to an activating group) is 1. The van der Waals surface area contributed by atoms with Crippen LogP contribution in [-0.4, -0.2) is 56.7 Å². The maximum Gasteiger partial charge on any atom is 0.251 e. The summed E-state index contributed by atoms with van der Waals surface area (Å²) in [5.74, 6) is 0.844. The van der Waals surface area contributed by atoms with Crippen LogP contribution in [0.1, 0.15) is 12.8 Å². The molecule has 0 radical (unpaired) electrons. The van der Waals surface area contributed by atoms with Gasteiger partial charge in [0.05, 0.1) is 24.8 Å². The average Bonchev–Trinajstić information content (AvgIpc) is 3.01. The van der Waals surface area contributed by atoms with Crippen LogP contribution < -0.4 is 15.8 Å². The normalized spacial score (nSPS) is 20.8. The van der Waals surface area contributed by atoms with Gasteiger partial charge in [-0.2, -0.15) is 0 Å². The number of aliphatic imine (C=N–C) groups is 1. The molecule has 3 N–H and O–H groups in total. The van der Waals surface area contributed by atoms with Gasteiger partial charge in [-0.15, -0.1) is 0 Å². The van der Waals surface area contributed by atoms with Crippen molar-refractivity contribution in [1.82, 2.24) is 4.90 Å². The quantitative estimate of drug-likeness (QED) is 0.620. The fourth-order valence-electron chi connectivity index (χ4n) is 2.44. The number of benzene rings is 1. The highest BCUT2D eigenvalue weighted by Gasteiger charge is 2.31. The van der Waals surface area contributed by atoms with E-state index >= 15 is 0 Å². The molecule has 1 heterocycles. The van der Waals surface area contributed by atoms with Crippen molar-refractivity contribution in [2.75, 3.05) is 33.1 Å². The van der Waals surface area contributed by atoms with Crippen LogP contribution in [0.25, 0.3) is 0 Å². The van der Waals surface area contributed by atoms with Gasteiger partial charge < -0.3 is 25.4 Å². The summed E-state index contributed by atoms with van der Waals surface area (Å²) in [6, 6.07) is 5.25. The lowest BCUT2D eigenvalue weighted by atomic mass is 10.2. The zero-order valence-electron chi connectivity index (χ0n) is 14.1. The van der Waals surface area contributed by atoms with Crippen LogP contribution in [0.2, 0.25) is 5.02 Å². The minimum atomic E-state index is -0.380. The molecule has 132 valence electrons. The molecule has 1 aliphatic heterocycles. The van der Waals surface area contributed by atoms with Crippen molar-refractivity contribution in [3.05, 3.63) is 23.2 Å². The number of anilines is 1. The van der Waals surface area contributed by atoms with Crippen molar-refractivity contribution in [2.24, 2.45) is 10.7 Å². The summed E-state index contributed by atoms with van der Waals surface area (Å²) < 4.78 is 10.8. The lowest BCUT2D eigenvalue weighted by molar-refractivity contribution is -0.140. The Balaban J connectivity index is 1.86. The summed E-state index contributed by atoms with van der Waals surface area (Å²) in [5.41, 5.74) is 6.60. The third-order valence-electron chi connectivity index (χ3n) is 3.71. The van der Waals surface area contributed by atoms with Crippen molar-refractivity contribution < 1.29 is 14.3 Å². The lowest BCUT2D eigenvalue weighted by Gasteiger charge is -2.16. The van der Waals surface area contributed by atoms with Crippen LogP contribution in [0.4, 0.5) is 5.69 Å². The van der Waals surface area contributed by atoms with E-state index in [2.05, 4.69) is 10.3 Å². The Morgan fingerprint density at radius 3 is 2.88 bits per heavy atom. The van der Waals surface area contributed by atoms with E-state index in [1.54, 1.807) is 44.3 Å². The lowest BCUT2D eigenvalue weighted by Crippen LogP contribution is -2.34. The van der Waals surface area contributed by atoms with Crippen molar-refractivity contribution in [2.45, 2.75) is 25.0 Å². The number of hydrogen-bond donors (Lipinski definition) is 2. The monoisotopic (exact) mass is 354 g/mol. The van der Waals surface area contributed by atoms with Gasteiger partial charge in [0.25, 0.3) is 5.91 Å². The van der Waals surface area contributed by atoms with E-state index in [4.69, 9.17) is 26.8 Å². The van der Waals surface area contributed by atoms with Crippen LogP contribution >= 0.6 is 11.6 Å². The van der Waals surface area contributed by atoms with Gasteiger partial charge >= 0.3 is 0 Å². The third kappa shape index (κ3) is 4.75. The van der Waals surface area contributed by atoms with Gasteiger partial charge in [0.2, 0.25) is 0 Å². The van der Waals surface area contributed by atoms with Gasteiger partial charge in [-0.1, -0.05) is 11.6 Å². The second kappa shape index (κ2) is 8.21. The molecule has 8 heteroatoms. The van der Waals surface area contributed by atoms with Crippen LogP contribution in [0.3, 0.4) is 0 Å². The van der Waals surface area contributed by atoms with Crippen LogP contribution in [0.5, 0.6) is 5.75 Å². The summed E-state index contributed by atoms with van der Waals surface area (Å²) in [6.07, 6.45) is 1.02. The molecule has 1 aromatic carbocycles. The van der Waals surface area contributed by atoms with Crippen molar-refractivity contribution in [3.63, 3.8) is 0 Å². The number of nitrogens with one attached hydrogen (secondary N) is 1. The first-order valence-corrected chi connectivity index (χ1v) is 8.05. The maximum absolute atomic E-state index is 11.9. The Kier molecular flexibility index (Phi) is 6.28. The topological polar surface area (TPSA) is 89.2 Å². The molecule has 1 fully saturated rings. The van der Waals surface area contributed by atoms with E-state index in [0.29, 0.717) is 23.7 Å². The summed E-state index contributed by atoms with van der Waals surface area (Å²) >= 11 is 6.06. The predicted octanol–water partition coefficient (Wildman–Crippen LogP) is 1.71. The zero-order valence-corrected chi connectivity index (χ0v) is 14.8. The van der Waals surface area contributed by atoms with Gasteiger partial charge in [0.1, 0.15) is 11.9 Å². The zero-order chi connectivity index (χ0) is 17.7. The van der Waals surface area contributed by atoms with Gasteiger partial charge in [-0.05, 0) is 31.0 Å². The molecule has 1 aliphatic rings. The molecule has 0 spiro atoms. The number of halogens is 1. The summed E-state index contributed by atoms with van der Waals surface area (Å²) in [4.78, 5) is 17.7. The molecule has 2 rings (SSSR count). The first-order valence-electron chi connectivity index (χ1n) is 7.67.